The van der Waals surface area contributed by atoms with Crippen molar-refractivity contribution in [1.29, 1.82) is 0 Å². The van der Waals surface area contributed by atoms with Crippen LogP contribution in [0.15, 0.2) is 92.7 Å². The Morgan fingerprint density at radius 3 is 1.91 bits per heavy atom. The van der Waals surface area contributed by atoms with Crippen LogP contribution in [0.3, 0.4) is 0 Å². The molecule has 23 heavy (non-hydrogen) atoms. The first-order chi connectivity index (χ1) is 11.1. The summed E-state index contributed by atoms with van der Waals surface area (Å²) in [7, 11) is 0. The molecule has 2 rings (SSSR count). The number of carboxylic acid groups (broad SMARTS) is 1. The molecule has 0 saturated carbocycles. The van der Waals surface area contributed by atoms with E-state index in [1.807, 2.05) is 54.6 Å². The number of allylic oxidation sites excluding steroid dienone is 2. The van der Waals surface area contributed by atoms with E-state index >= 15 is 0 Å². The van der Waals surface area contributed by atoms with Crippen LogP contribution in [0.2, 0.25) is 0 Å². The molecule has 0 aliphatic rings. The molecule has 0 atom stereocenters. The second-order valence-electron chi connectivity index (χ2n) is 4.01. The van der Waals surface area contributed by atoms with Crippen molar-refractivity contribution in [2.45, 2.75) is 0 Å². The van der Waals surface area contributed by atoms with Gasteiger partial charge in [0, 0.05) is 12.3 Å². The van der Waals surface area contributed by atoms with Crippen molar-refractivity contribution in [3.8, 4) is 0 Å². The molecule has 3 heteroatoms. The second kappa shape index (κ2) is 13.8. The van der Waals surface area contributed by atoms with Gasteiger partial charge < -0.3 is 5.11 Å². The second-order valence-corrected chi connectivity index (χ2v) is 4.01. The van der Waals surface area contributed by atoms with Crippen LogP contribution in [0.1, 0.15) is 11.3 Å². The summed E-state index contributed by atoms with van der Waals surface area (Å²) in [5.41, 5.74) is 2.10. The standard InChI is InChI=1S/C8H8.C7H7N.C5H6O2/c1-2-8-6-4-3-5-7-8;1-2-7-5-3-4-6-8-7;1-2-3-4-5(6)7/h2-7H,1H2;2-6H,1H2;2-4H,1H2,(H,6,7). The van der Waals surface area contributed by atoms with E-state index < -0.39 is 5.97 Å². The van der Waals surface area contributed by atoms with Crippen LogP contribution in [-0.4, -0.2) is 16.1 Å². The average molecular weight is 307 g/mol. The minimum absolute atomic E-state index is 0.924. The number of nitrogens with zero attached hydrogens (tertiary/aromatic N) is 1. The van der Waals surface area contributed by atoms with Crippen LogP contribution >= 0.6 is 0 Å². The summed E-state index contributed by atoms with van der Waals surface area (Å²) < 4.78 is 0. The van der Waals surface area contributed by atoms with E-state index in [2.05, 4.69) is 24.7 Å². The molecule has 1 aromatic carbocycles. The van der Waals surface area contributed by atoms with Crippen LogP contribution in [0.4, 0.5) is 0 Å². The third-order valence-electron chi connectivity index (χ3n) is 2.31. The summed E-state index contributed by atoms with van der Waals surface area (Å²) in [5, 5.41) is 7.91. The molecule has 0 fully saturated rings. The minimum atomic E-state index is -0.945. The summed E-state index contributed by atoms with van der Waals surface area (Å²) in [6.45, 7) is 10.5. The van der Waals surface area contributed by atoms with Gasteiger partial charge in [-0.15, -0.1) is 0 Å². The van der Waals surface area contributed by atoms with E-state index in [9.17, 15) is 4.79 Å². The summed E-state index contributed by atoms with van der Waals surface area (Å²) in [4.78, 5) is 13.6. The lowest BCUT2D eigenvalue weighted by Crippen LogP contribution is -1.83. The van der Waals surface area contributed by atoms with E-state index in [0.29, 0.717) is 0 Å². The number of benzene rings is 1. The SMILES string of the molecule is C=CC=CC(=O)O.C=Cc1ccccc1.C=Cc1ccccn1. The lowest BCUT2D eigenvalue weighted by atomic mass is 10.2. The van der Waals surface area contributed by atoms with Gasteiger partial charge in [0.2, 0.25) is 0 Å². The third kappa shape index (κ3) is 12.3. The quantitative estimate of drug-likeness (QED) is 0.647. The normalized spacial score (nSPS) is 8.70. The average Bonchev–Trinajstić information content (AvgIpc) is 2.62. The maximum Gasteiger partial charge on any atom is 0.328 e. The van der Waals surface area contributed by atoms with E-state index in [4.69, 9.17) is 5.11 Å². The van der Waals surface area contributed by atoms with E-state index in [0.717, 1.165) is 11.8 Å². The Kier molecular flexibility index (Phi) is 11.9. The Hall–Kier alpha value is -3.20. The highest BCUT2D eigenvalue weighted by Crippen LogP contribution is 1.97. The van der Waals surface area contributed by atoms with Crippen molar-refractivity contribution in [3.63, 3.8) is 0 Å². The number of pyridine rings is 1. The molecule has 118 valence electrons. The first kappa shape index (κ1) is 19.8. The molecule has 0 amide bonds. The van der Waals surface area contributed by atoms with Crippen molar-refractivity contribution in [3.05, 3.63) is 104 Å². The molecule has 1 heterocycles. The number of rotatable bonds is 4. The van der Waals surface area contributed by atoms with E-state index in [-0.39, 0.29) is 0 Å². The smallest absolute Gasteiger partial charge is 0.328 e. The van der Waals surface area contributed by atoms with Crippen molar-refractivity contribution in [2.24, 2.45) is 0 Å². The van der Waals surface area contributed by atoms with Crippen LogP contribution in [-0.2, 0) is 4.79 Å². The number of carboxylic acids is 1. The van der Waals surface area contributed by atoms with Gasteiger partial charge in [0.1, 0.15) is 0 Å². The molecule has 0 aliphatic heterocycles. The summed E-state index contributed by atoms with van der Waals surface area (Å²) >= 11 is 0. The predicted molar refractivity (Wildman–Crippen MR) is 97.8 cm³/mol. The molecule has 1 N–H and O–H groups in total. The van der Waals surface area contributed by atoms with Gasteiger partial charge >= 0.3 is 5.97 Å². The fourth-order valence-corrected chi connectivity index (χ4v) is 1.24. The Bertz CT molecular complexity index is 573. The number of aliphatic carboxylic acids is 1. The van der Waals surface area contributed by atoms with Crippen LogP contribution in [0.25, 0.3) is 12.2 Å². The third-order valence-corrected chi connectivity index (χ3v) is 2.31. The maximum absolute atomic E-state index is 9.62. The van der Waals surface area contributed by atoms with Gasteiger partial charge in [0.05, 0.1) is 5.69 Å². The van der Waals surface area contributed by atoms with E-state index in [1.165, 1.54) is 17.7 Å². The zero-order valence-electron chi connectivity index (χ0n) is 13.0. The van der Waals surface area contributed by atoms with Crippen molar-refractivity contribution < 1.29 is 9.90 Å². The molecule has 0 spiro atoms. The Balaban J connectivity index is 0.000000317. The molecule has 0 radical (unpaired) electrons. The maximum atomic E-state index is 9.62. The van der Waals surface area contributed by atoms with Crippen molar-refractivity contribution in [2.75, 3.05) is 0 Å². The first-order valence-corrected chi connectivity index (χ1v) is 6.87. The topological polar surface area (TPSA) is 50.2 Å². The fourth-order valence-electron chi connectivity index (χ4n) is 1.24. The Morgan fingerprint density at radius 2 is 1.61 bits per heavy atom. The lowest BCUT2D eigenvalue weighted by molar-refractivity contribution is -0.131. The van der Waals surface area contributed by atoms with Crippen molar-refractivity contribution >= 4 is 18.1 Å². The highest BCUT2D eigenvalue weighted by molar-refractivity contribution is 5.80. The number of aromatic nitrogens is 1. The molecule has 2 aromatic rings. The molecule has 0 saturated heterocycles. The van der Waals surface area contributed by atoms with Gasteiger partial charge in [-0.1, -0.05) is 74.4 Å². The highest BCUT2D eigenvalue weighted by atomic mass is 16.4. The molecule has 3 nitrogen and oxygen atoms in total. The highest BCUT2D eigenvalue weighted by Gasteiger charge is 1.78. The Morgan fingerprint density at radius 1 is 0.957 bits per heavy atom. The molecule has 0 bridgehead atoms. The zero-order valence-corrected chi connectivity index (χ0v) is 13.0. The van der Waals surface area contributed by atoms with Gasteiger partial charge in [0.25, 0.3) is 0 Å². The monoisotopic (exact) mass is 307 g/mol. The predicted octanol–water partition coefficient (Wildman–Crippen LogP) is 4.87. The summed E-state index contributed by atoms with van der Waals surface area (Å²) in [6, 6.07) is 15.8. The van der Waals surface area contributed by atoms with Crippen LogP contribution < -0.4 is 0 Å². The molecule has 0 unspecified atom stereocenters. The van der Waals surface area contributed by atoms with E-state index in [1.54, 1.807) is 12.3 Å². The van der Waals surface area contributed by atoms with Crippen LogP contribution in [0, 0.1) is 0 Å². The number of hydrogen-bond donors (Lipinski definition) is 1. The van der Waals surface area contributed by atoms with Gasteiger partial charge in [-0.25, -0.2) is 4.79 Å². The van der Waals surface area contributed by atoms with Crippen LogP contribution in [0.5, 0.6) is 0 Å². The molecule has 1 aromatic heterocycles. The van der Waals surface area contributed by atoms with Gasteiger partial charge in [-0.3, -0.25) is 4.98 Å². The van der Waals surface area contributed by atoms with Gasteiger partial charge in [-0.05, 0) is 23.8 Å². The largest absolute Gasteiger partial charge is 0.478 e. The lowest BCUT2D eigenvalue weighted by Gasteiger charge is -1.85. The first-order valence-electron chi connectivity index (χ1n) is 6.87. The van der Waals surface area contributed by atoms with Crippen molar-refractivity contribution in [1.82, 2.24) is 4.98 Å². The zero-order chi connectivity index (χ0) is 17.3. The number of hydrogen-bond acceptors (Lipinski definition) is 2. The fraction of sp³-hybridized carbons (Fsp3) is 0. The summed E-state index contributed by atoms with van der Waals surface area (Å²) in [5.74, 6) is -0.945. The Labute approximate surface area is 137 Å². The molecule has 0 aliphatic carbocycles. The number of carbonyl (C=O) groups is 1. The van der Waals surface area contributed by atoms with Gasteiger partial charge in [0.15, 0.2) is 0 Å². The minimum Gasteiger partial charge on any atom is -0.478 e. The summed E-state index contributed by atoms with van der Waals surface area (Å²) in [6.07, 6.45) is 9.10. The molecular weight excluding hydrogens is 286 g/mol. The molecular formula is C20H21NO2. The van der Waals surface area contributed by atoms with Gasteiger partial charge in [-0.2, -0.15) is 0 Å².